The molecule has 8 heteroatoms. The fraction of sp³-hybridized carbons (Fsp3) is 0.417. The number of nitrogens with zero attached hydrogens (tertiary/aromatic N) is 1. The molecule has 2 aromatic carbocycles. The number of carbonyl (C=O) groups excluding carboxylic acids is 2. The van der Waals surface area contributed by atoms with Gasteiger partial charge in [-0.05, 0) is 43.2 Å². The van der Waals surface area contributed by atoms with E-state index >= 15 is 0 Å². The standard InChI is InChI=1S/C24H30FNO6/c1-5-6-19-21(10-8-18(15(2)27)24(19)30)31-13-17(28)14-32-22-9-7-16(11-20(22)25)12-23(29)26(3)4/h7-11,17,28,30H,5-6,12-14H2,1-4H3. The van der Waals surface area contributed by atoms with E-state index in [1.54, 1.807) is 26.2 Å². The number of hydrogen-bond donors (Lipinski definition) is 2. The number of ether oxygens (including phenoxy) is 2. The highest BCUT2D eigenvalue weighted by molar-refractivity contribution is 5.97. The molecule has 0 aliphatic heterocycles. The number of carbonyl (C=O) groups is 2. The van der Waals surface area contributed by atoms with E-state index in [4.69, 9.17) is 9.47 Å². The van der Waals surface area contributed by atoms with E-state index < -0.39 is 11.9 Å². The number of likely N-dealkylation sites (N-methyl/N-ethyl adjacent to an activating group) is 1. The molecule has 2 rings (SSSR count). The molecule has 0 aromatic heterocycles. The lowest BCUT2D eigenvalue weighted by molar-refractivity contribution is -0.127. The van der Waals surface area contributed by atoms with Crippen molar-refractivity contribution in [3.63, 3.8) is 0 Å². The van der Waals surface area contributed by atoms with E-state index in [0.717, 1.165) is 6.42 Å². The maximum atomic E-state index is 14.3. The summed E-state index contributed by atoms with van der Waals surface area (Å²) in [6.45, 7) is 2.95. The summed E-state index contributed by atoms with van der Waals surface area (Å²) in [5, 5.41) is 20.6. The molecular formula is C24H30FNO6. The van der Waals surface area contributed by atoms with Gasteiger partial charge in [0.2, 0.25) is 5.91 Å². The molecule has 1 amide bonds. The number of amides is 1. The number of Topliss-reactive ketones (excluding diaryl/α,β-unsaturated/α-hetero) is 1. The zero-order valence-electron chi connectivity index (χ0n) is 18.9. The third kappa shape index (κ3) is 6.68. The Kier molecular flexibility index (Phi) is 9.02. The molecule has 0 aliphatic rings. The van der Waals surface area contributed by atoms with Crippen LogP contribution < -0.4 is 9.47 Å². The summed E-state index contributed by atoms with van der Waals surface area (Å²) in [6.07, 6.45) is 0.249. The van der Waals surface area contributed by atoms with E-state index in [9.17, 15) is 24.2 Å². The number of aliphatic hydroxyl groups is 1. The van der Waals surface area contributed by atoms with Gasteiger partial charge in [-0.15, -0.1) is 0 Å². The minimum absolute atomic E-state index is 0.0415. The number of halogens is 1. The maximum Gasteiger partial charge on any atom is 0.226 e. The minimum atomic E-state index is -1.06. The Balaban J connectivity index is 1.96. The van der Waals surface area contributed by atoms with Gasteiger partial charge in [-0.2, -0.15) is 0 Å². The van der Waals surface area contributed by atoms with Gasteiger partial charge in [0, 0.05) is 19.7 Å². The first kappa shape index (κ1) is 25.1. The van der Waals surface area contributed by atoms with Crippen molar-refractivity contribution < 1.29 is 33.7 Å². The predicted octanol–water partition coefficient (Wildman–Crippen LogP) is 3.14. The molecule has 32 heavy (non-hydrogen) atoms. The normalized spacial score (nSPS) is 11.7. The summed E-state index contributed by atoms with van der Waals surface area (Å²) >= 11 is 0. The Labute approximate surface area is 187 Å². The fourth-order valence-corrected chi connectivity index (χ4v) is 3.05. The summed E-state index contributed by atoms with van der Waals surface area (Å²) < 4.78 is 25.3. The van der Waals surface area contributed by atoms with Crippen molar-refractivity contribution in [2.24, 2.45) is 0 Å². The van der Waals surface area contributed by atoms with E-state index in [-0.39, 0.29) is 48.4 Å². The number of ketones is 1. The molecule has 0 bridgehead atoms. The quantitative estimate of drug-likeness (QED) is 0.514. The van der Waals surface area contributed by atoms with Gasteiger partial charge in [-0.1, -0.05) is 19.4 Å². The Hall–Kier alpha value is -3.13. The van der Waals surface area contributed by atoms with Gasteiger partial charge in [-0.3, -0.25) is 9.59 Å². The van der Waals surface area contributed by atoms with Gasteiger partial charge in [-0.25, -0.2) is 4.39 Å². The molecule has 0 heterocycles. The van der Waals surface area contributed by atoms with Crippen LogP contribution in [0.1, 0.15) is 41.8 Å². The molecule has 1 atom stereocenters. The third-order valence-electron chi connectivity index (χ3n) is 4.83. The highest BCUT2D eigenvalue weighted by Gasteiger charge is 2.17. The van der Waals surface area contributed by atoms with Gasteiger partial charge in [0.05, 0.1) is 12.0 Å². The van der Waals surface area contributed by atoms with Crippen molar-refractivity contribution in [1.29, 1.82) is 0 Å². The first-order chi connectivity index (χ1) is 15.1. The monoisotopic (exact) mass is 447 g/mol. The van der Waals surface area contributed by atoms with Crippen LogP contribution in [0.15, 0.2) is 30.3 Å². The molecule has 2 N–H and O–H groups in total. The third-order valence-corrected chi connectivity index (χ3v) is 4.83. The van der Waals surface area contributed by atoms with Gasteiger partial charge in [0.1, 0.15) is 30.8 Å². The highest BCUT2D eigenvalue weighted by atomic mass is 19.1. The molecule has 0 saturated carbocycles. The van der Waals surface area contributed by atoms with Crippen LogP contribution in [0.25, 0.3) is 0 Å². The van der Waals surface area contributed by atoms with Crippen LogP contribution in [0, 0.1) is 5.82 Å². The molecule has 0 fully saturated rings. The molecule has 0 radical (unpaired) electrons. The number of phenols is 1. The first-order valence-corrected chi connectivity index (χ1v) is 10.4. The molecule has 0 saturated heterocycles. The summed E-state index contributed by atoms with van der Waals surface area (Å²) in [6, 6.07) is 7.31. The summed E-state index contributed by atoms with van der Waals surface area (Å²) in [5.74, 6) is -0.807. The maximum absolute atomic E-state index is 14.3. The summed E-state index contributed by atoms with van der Waals surface area (Å²) in [5.41, 5.74) is 1.24. The zero-order valence-corrected chi connectivity index (χ0v) is 18.9. The summed E-state index contributed by atoms with van der Waals surface area (Å²) in [7, 11) is 3.26. The number of phenolic OH excluding ortho intramolecular Hbond substituents is 1. The number of aromatic hydroxyl groups is 1. The van der Waals surface area contributed by atoms with E-state index in [2.05, 4.69) is 0 Å². The van der Waals surface area contributed by atoms with Crippen LogP contribution in [-0.4, -0.2) is 60.2 Å². The SMILES string of the molecule is CCCc1c(OCC(O)COc2ccc(CC(=O)N(C)C)cc2F)ccc(C(C)=O)c1O. The Morgan fingerprint density at radius 2 is 1.72 bits per heavy atom. The first-order valence-electron chi connectivity index (χ1n) is 10.4. The van der Waals surface area contributed by atoms with Crippen LogP contribution in [0.3, 0.4) is 0 Å². The van der Waals surface area contributed by atoms with E-state index in [1.807, 2.05) is 6.92 Å². The van der Waals surface area contributed by atoms with Gasteiger partial charge >= 0.3 is 0 Å². The van der Waals surface area contributed by atoms with Crippen LogP contribution in [-0.2, 0) is 17.6 Å². The second-order valence-corrected chi connectivity index (χ2v) is 7.75. The molecule has 2 aromatic rings. The number of aliphatic hydroxyl groups excluding tert-OH is 1. The second-order valence-electron chi connectivity index (χ2n) is 7.75. The molecular weight excluding hydrogens is 417 g/mol. The molecule has 7 nitrogen and oxygen atoms in total. The number of rotatable bonds is 11. The molecule has 174 valence electrons. The topological polar surface area (TPSA) is 96.3 Å². The summed E-state index contributed by atoms with van der Waals surface area (Å²) in [4.78, 5) is 24.8. The average Bonchev–Trinajstić information content (AvgIpc) is 2.73. The minimum Gasteiger partial charge on any atom is -0.507 e. The average molecular weight is 448 g/mol. The number of benzene rings is 2. The van der Waals surface area contributed by atoms with Crippen molar-refractivity contribution in [2.75, 3.05) is 27.3 Å². The lowest BCUT2D eigenvalue weighted by atomic mass is 10.0. The Bertz CT molecular complexity index is 960. The van der Waals surface area contributed by atoms with E-state index in [1.165, 1.54) is 30.0 Å². The Morgan fingerprint density at radius 1 is 1.09 bits per heavy atom. The zero-order chi connectivity index (χ0) is 23.8. The van der Waals surface area contributed by atoms with Crippen molar-refractivity contribution in [1.82, 2.24) is 4.90 Å². The van der Waals surface area contributed by atoms with Gasteiger partial charge in [0.15, 0.2) is 17.3 Å². The lowest BCUT2D eigenvalue weighted by Gasteiger charge is -2.17. The van der Waals surface area contributed by atoms with Crippen molar-refractivity contribution in [3.05, 3.63) is 52.8 Å². The molecule has 0 aliphatic carbocycles. The van der Waals surface area contributed by atoms with Crippen molar-refractivity contribution in [3.8, 4) is 17.2 Å². The second kappa shape index (κ2) is 11.5. The van der Waals surface area contributed by atoms with Crippen LogP contribution in [0.4, 0.5) is 4.39 Å². The highest BCUT2D eigenvalue weighted by Crippen LogP contribution is 2.33. The van der Waals surface area contributed by atoms with E-state index in [0.29, 0.717) is 23.3 Å². The van der Waals surface area contributed by atoms with Crippen molar-refractivity contribution in [2.45, 2.75) is 39.2 Å². The van der Waals surface area contributed by atoms with Crippen LogP contribution >= 0.6 is 0 Å². The molecule has 1 unspecified atom stereocenters. The van der Waals surface area contributed by atoms with Gasteiger partial charge in [0.25, 0.3) is 0 Å². The lowest BCUT2D eigenvalue weighted by Crippen LogP contribution is -2.25. The van der Waals surface area contributed by atoms with Crippen LogP contribution in [0.5, 0.6) is 17.2 Å². The Morgan fingerprint density at radius 3 is 2.28 bits per heavy atom. The number of hydrogen-bond acceptors (Lipinski definition) is 6. The van der Waals surface area contributed by atoms with Gasteiger partial charge < -0.3 is 24.6 Å². The predicted molar refractivity (Wildman–Crippen MR) is 118 cm³/mol. The molecule has 0 spiro atoms. The largest absolute Gasteiger partial charge is 0.507 e. The van der Waals surface area contributed by atoms with Crippen molar-refractivity contribution >= 4 is 11.7 Å². The smallest absolute Gasteiger partial charge is 0.226 e. The fourth-order valence-electron chi connectivity index (χ4n) is 3.05. The van der Waals surface area contributed by atoms with Crippen LogP contribution in [0.2, 0.25) is 0 Å².